The first-order valence-corrected chi connectivity index (χ1v) is 10.0. The molecule has 1 aliphatic heterocycles. The van der Waals surface area contributed by atoms with Gasteiger partial charge in [0.25, 0.3) is 0 Å². The first-order valence-electron chi connectivity index (χ1n) is 9.21. The summed E-state index contributed by atoms with van der Waals surface area (Å²) < 4.78 is 0. The Bertz CT molecular complexity index is 980. The molecule has 3 aromatic heterocycles. The van der Waals surface area contributed by atoms with Gasteiger partial charge in [-0.1, -0.05) is 17.4 Å². The zero-order chi connectivity index (χ0) is 19.5. The van der Waals surface area contributed by atoms with Crippen LogP contribution in [-0.2, 0) is 4.79 Å². The molecule has 3 aromatic rings. The number of carbonyl (C=O) groups excluding carboxylic acids is 1. The van der Waals surface area contributed by atoms with Crippen LogP contribution in [0.2, 0.25) is 0 Å². The highest BCUT2D eigenvalue weighted by atomic mass is 32.1. The molecular weight excluding hydrogens is 372 g/mol. The van der Waals surface area contributed by atoms with Crippen LogP contribution < -0.4 is 10.2 Å². The molecule has 0 bridgehead atoms. The highest BCUT2D eigenvalue weighted by Gasteiger charge is 2.20. The van der Waals surface area contributed by atoms with Crippen LogP contribution in [0.25, 0.3) is 10.6 Å². The third-order valence-corrected chi connectivity index (χ3v) is 5.91. The minimum absolute atomic E-state index is 0.735. The normalized spacial score (nSPS) is 14.2. The Morgan fingerprint density at radius 2 is 1.89 bits per heavy atom. The van der Waals surface area contributed by atoms with E-state index in [1.165, 1.54) is 0 Å². The standard InChI is InChI=1S/C20H22N6OS/c1-14-6-7-21-18(12-14)24-17-5-3-4-16(23-17)19-15(2)22-20(28-19)26-10-8-25(13-27)9-11-26/h3-7,12-13H,8-11H2,1-2H3,(H,21,23,24). The van der Waals surface area contributed by atoms with Gasteiger partial charge in [-0.05, 0) is 43.7 Å². The van der Waals surface area contributed by atoms with Gasteiger partial charge < -0.3 is 15.1 Å². The SMILES string of the molecule is Cc1ccnc(Nc2cccc(-c3sc(N4CCN(C=O)CC4)nc3C)n2)c1. The number of aromatic nitrogens is 3. The molecule has 1 aliphatic rings. The van der Waals surface area contributed by atoms with Crippen molar-refractivity contribution in [2.24, 2.45) is 0 Å². The van der Waals surface area contributed by atoms with Crippen molar-refractivity contribution in [3.8, 4) is 10.6 Å². The van der Waals surface area contributed by atoms with Crippen molar-refractivity contribution < 1.29 is 4.79 Å². The van der Waals surface area contributed by atoms with Crippen LogP contribution in [-0.4, -0.2) is 52.4 Å². The number of amides is 1. The van der Waals surface area contributed by atoms with Gasteiger partial charge in [0, 0.05) is 32.4 Å². The molecular formula is C20H22N6OS. The van der Waals surface area contributed by atoms with Crippen molar-refractivity contribution in [3.05, 3.63) is 47.8 Å². The Labute approximate surface area is 168 Å². The van der Waals surface area contributed by atoms with Crippen LogP contribution in [0.3, 0.4) is 0 Å². The van der Waals surface area contributed by atoms with Gasteiger partial charge >= 0.3 is 0 Å². The monoisotopic (exact) mass is 394 g/mol. The minimum atomic E-state index is 0.735. The molecule has 0 spiro atoms. The second-order valence-electron chi connectivity index (χ2n) is 6.79. The number of anilines is 3. The molecule has 8 heteroatoms. The van der Waals surface area contributed by atoms with Crippen molar-refractivity contribution in [3.63, 3.8) is 0 Å². The predicted molar refractivity (Wildman–Crippen MR) is 112 cm³/mol. The van der Waals surface area contributed by atoms with Crippen molar-refractivity contribution in [2.45, 2.75) is 13.8 Å². The van der Waals surface area contributed by atoms with E-state index >= 15 is 0 Å². The largest absolute Gasteiger partial charge is 0.345 e. The van der Waals surface area contributed by atoms with Gasteiger partial charge in [0.2, 0.25) is 6.41 Å². The number of hydrogen-bond acceptors (Lipinski definition) is 7. The quantitative estimate of drug-likeness (QED) is 0.670. The van der Waals surface area contributed by atoms with Crippen LogP contribution in [0, 0.1) is 13.8 Å². The fourth-order valence-corrected chi connectivity index (χ4v) is 4.23. The van der Waals surface area contributed by atoms with Crippen molar-refractivity contribution in [1.29, 1.82) is 0 Å². The zero-order valence-electron chi connectivity index (χ0n) is 15.9. The first kappa shape index (κ1) is 18.4. The van der Waals surface area contributed by atoms with E-state index in [1.54, 1.807) is 22.4 Å². The second-order valence-corrected chi connectivity index (χ2v) is 7.77. The molecule has 0 atom stereocenters. The summed E-state index contributed by atoms with van der Waals surface area (Å²) in [5.74, 6) is 1.53. The van der Waals surface area contributed by atoms with Gasteiger partial charge in [-0.15, -0.1) is 0 Å². The molecule has 1 N–H and O–H groups in total. The summed E-state index contributed by atoms with van der Waals surface area (Å²) in [6.45, 7) is 7.13. The maximum absolute atomic E-state index is 10.9. The Kier molecular flexibility index (Phi) is 5.21. The lowest BCUT2D eigenvalue weighted by Gasteiger charge is -2.32. The summed E-state index contributed by atoms with van der Waals surface area (Å²) >= 11 is 1.65. The molecule has 7 nitrogen and oxygen atoms in total. The lowest BCUT2D eigenvalue weighted by Crippen LogP contribution is -2.45. The molecule has 4 heterocycles. The van der Waals surface area contributed by atoms with E-state index in [2.05, 4.69) is 15.2 Å². The molecule has 28 heavy (non-hydrogen) atoms. The average molecular weight is 395 g/mol. The van der Waals surface area contributed by atoms with Crippen LogP contribution in [0.4, 0.5) is 16.8 Å². The van der Waals surface area contributed by atoms with E-state index in [0.717, 1.165) is 71.2 Å². The van der Waals surface area contributed by atoms with E-state index in [0.29, 0.717) is 0 Å². The smallest absolute Gasteiger partial charge is 0.209 e. The topological polar surface area (TPSA) is 74.2 Å². The van der Waals surface area contributed by atoms with E-state index in [9.17, 15) is 4.79 Å². The summed E-state index contributed by atoms with van der Waals surface area (Å²) in [4.78, 5) is 29.9. The zero-order valence-corrected chi connectivity index (χ0v) is 16.7. The van der Waals surface area contributed by atoms with E-state index in [-0.39, 0.29) is 0 Å². The fraction of sp³-hybridized carbons (Fsp3) is 0.300. The van der Waals surface area contributed by atoms with E-state index in [4.69, 9.17) is 9.97 Å². The molecule has 0 aliphatic carbocycles. The number of hydrogen-bond donors (Lipinski definition) is 1. The van der Waals surface area contributed by atoms with Crippen LogP contribution in [0.1, 0.15) is 11.3 Å². The lowest BCUT2D eigenvalue weighted by atomic mass is 10.2. The molecule has 0 saturated carbocycles. The van der Waals surface area contributed by atoms with Gasteiger partial charge in [0.05, 0.1) is 16.3 Å². The predicted octanol–water partition coefficient (Wildman–Crippen LogP) is 3.24. The van der Waals surface area contributed by atoms with E-state index in [1.807, 2.05) is 44.2 Å². The Morgan fingerprint density at radius 3 is 2.64 bits per heavy atom. The maximum Gasteiger partial charge on any atom is 0.209 e. The number of nitrogens with one attached hydrogen (secondary N) is 1. The third-order valence-electron chi connectivity index (χ3n) is 4.67. The minimum Gasteiger partial charge on any atom is -0.345 e. The summed E-state index contributed by atoms with van der Waals surface area (Å²) in [5, 5.41) is 4.25. The number of nitrogens with zero attached hydrogens (tertiary/aromatic N) is 5. The third kappa shape index (κ3) is 3.96. The van der Waals surface area contributed by atoms with Gasteiger partial charge in [-0.25, -0.2) is 15.0 Å². The molecule has 0 unspecified atom stereocenters. The Hall–Kier alpha value is -3.00. The molecule has 4 rings (SSSR count). The molecule has 0 aromatic carbocycles. The van der Waals surface area contributed by atoms with Crippen LogP contribution in [0.5, 0.6) is 0 Å². The van der Waals surface area contributed by atoms with E-state index < -0.39 is 0 Å². The van der Waals surface area contributed by atoms with Gasteiger partial charge in [0.1, 0.15) is 11.6 Å². The number of carbonyl (C=O) groups is 1. The van der Waals surface area contributed by atoms with Gasteiger partial charge in [0.15, 0.2) is 5.13 Å². The average Bonchev–Trinajstić information content (AvgIpc) is 3.10. The highest BCUT2D eigenvalue weighted by molar-refractivity contribution is 7.19. The number of aryl methyl sites for hydroxylation is 2. The summed E-state index contributed by atoms with van der Waals surface area (Å²) in [6, 6.07) is 9.88. The highest BCUT2D eigenvalue weighted by Crippen LogP contribution is 2.34. The van der Waals surface area contributed by atoms with Crippen LogP contribution >= 0.6 is 11.3 Å². The van der Waals surface area contributed by atoms with Gasteiger partial charge in [-0.2, -0.15) is 0 Å². The molecule has 144 valence electrons. The molecule has 1 fully saturated rings. The first-order chi connectivity index (χ1) is 13.6. The number of thiazole rings is 1. The Morgan fingerprint density at radius 1 is 1.07 bits per heavy atom. The second kappa shape index (κ2) is 7.93. The summed E-state index contributed by atoms with van der Waals surface area (Å²) in [6.07, 6.45) is 2.70. The van der Waals surface area contributed by atoms with Crippen molar-refractivity contribution in [2.75, 3.05) is 36.4 Å². The Balaban J connectivity index is 1.54. The number of piperazine rings is 1. The number of rotatable bonds is 5. The van der Waals surface area contributed by atoms with Gasteiger partial charge in [-0.3, -0.25) is 4.79 Å². The van der Waals surface area contributed by atoms with Crippen molar-refractivity contribution in [1.82, 2.24) is 19.9 Å². The lowest BCUT2D eigenvalue weighted by molar-refractivity contribution is -0.118. The molecule has 1 saturated heterocycles. The number of pyridine rings is 2. The summed E-state index contributed by atoms with van der Waals surface area (Å²) in [5.41, 5.74) is 3.01. The molecule has 0 radical (unpaired) electrons. The maximum atomic E-state index is 10.9. The van der Waals surface area contributed by atoms with Crippen LogP contribution in [0.15, 0.2) is 36.5 Å². The fourth-order valence-electron chi connectivity index (χ4n) is 3.14. The summed E-state index contributed by atoms with van der Waals surface area (Å²) in [7, 11) is 0. The van der Waals surface area contributed by atoms with Crippen molar-refractivity contribution >= 4 is 34.5 Å². The molecule has 1 amide bonds.